The van der Waals surface area contributed by atoms with Crippen molar-refractivity contribution < 1.29 is 9.18 Å². The molecule has 0 saturated heterocycles. The number of nitrogens with zero attached hydrogens (tertiary/aromatic N) is 1. The maximum atomic E-state index is 12.8. The van der Waals surface area contributed by atoms with Gasteiger partial charge in [-0.3, -0.25) is 9.89 Å². The molecule has 0 aliphatic carbocycles. The SMILES string of the molecule is Cl.O=C(Cc1ccn[nH]1)Nc1cccc(F)c1. The third kappa shape index (κ3) is 3.88. The van der Waals surface area contributed by atoms with Crippen LogP contribution in [-0.2, 0) is 11.2 Å². The number of nitrogens with one attached hydrogen (secondary N) is 2. The molecule has 1 aromatic heterocycles. The van der Waals surface area contributed by atoms with Gasteiger partial charge in [-0.15, -0.1) is 12.4 Å². The number of aromatic nitrogens is 2. The quantitative estimate of drug-likeness (QED) is 0.883. The van der Waals surface area contributed by atoms with Crippen LogP contribution in [0.25, 0.3) is 0 Å². The lowest BCUT2D eigenvalue weighted by Gasteiger charge is -2.03. The van der Waals surface area contributed by atoms with Gasteiger partial charge < -0.3 is 5.32 Å². The first kappa shape index (κ1) is 13.2. The third-order valence-electron chi connectivity index (χ3n) is 2.02. The maximum absolute atomic E-state index is 12.8. The minimum absolute atomic E-state index is 0. The fraction of sp³-hybridized carbons (Fsp3) is 0.0909. The Morgan fingerprint density at radius 1 is 1.41 bits per heavy atom. The summed E-state index contributed by atoms with van der Waals surface area (Å²) in [5.74, 6) is -0.589. The van der Waals surface area contributed by atoms with Gasteiger partial charge in [0.15, 0.2) is 0 Å². The van der Waals surface area contributed by atoms with Crippen LogP contribution in [0.15, 0.2) is 36.5 Å². The number of amides is 1. The molecule has 0 aliphatic rings. The summed E-state index contributed by atoms with van der Waals surface area (Å²) in [6.07, 6.45) is 1.77. The van der Waals surface area contributed by atoms with Gasteiger partial charge in [-0.25, -0.2) is 4.39 Å². The van der Waals surface area contributed by atoms with Crippen molar-refractivity contribution in [1.29, 1.82) is 0 Å². The van der Waals surface area contributed by atoms with E-state index in [0.29, 0.717) is 11.4 Å². The Morgan fingerprint density at radius 2 is 2.24 bits per heavy atom. The van der Waals surface area contributed by atoms with E-state index in [1.165, 1.54) is 12.1 Å². The third-order valence-corrected chi connectivity index (χ3v) is 2.02. The molecule has 0 atom stereocenters. The van der Waals surface area contributed by atoms with Gasteiger partial charge in [-0.1, -0.05) is 6.07 Å². The van der Waals surface area contributed by atoms with Gasteiger partial charge in [-0.05, 0) is 24.3 Å². The van der Waals surface area contributed by atoms with E-state index in [1.54, 1.807) is 24.4 Å². The minimum Gasteiger partial charge on any atom is -0.326 e. The largest absolute Gasteiger partial charge is 0.326 e. The zero-order chi connectivity index (χ0) is 11.4. The number of H-pyrrole nitrogens is 1. The summed E-state index contributed by atoms with van der Waals surface area (Å²) in [4.78, 5) is 11.5. The van der Waals surface area contributed by atoms with E-state index < -0.39 is 0 Å². The number of hydrogen-bond acceptors (Lipinski definition) is 2. The molecule has 6 heteroatoms. The fourth-order valence-electron chi connectivity index (χ4n) is 1.33. The summed E-state index contributed by atoms with van der Waals surface area (Å²) in [6, 6.07) is 7.48. The molecule has 17 heavy (non-hydrogen) atoms. The van der Waals surface area contributed by atoms with Crippen LogP contribution in [-0.4, -0.2) is 16.1 Å². The lowest BCUT2D eigenvalue weighted by molar-refractivity contribution is -0.115. The Hall–Kier alpha value is -1.88. The van der Waals surface area contributed by atoms with E-state index in [2.05, 4.69) is 15.5 Å². The predicted molar refractivity (Wildman–Crippen MR) is 64.6 cm³/mol. The summed E-state index contributed by atoms with van der Waals surface area (Å²) < 4.78 is 12.8. The number of aromatic amines is 1. The molecule has 4 nitrogen and oxygen atoms in total. The second-order valence-electron chi connectivity index (χ2n) is 3.32. The number of halogens is 2. The highest BCUT2D eigenvalue weighted by atomic mass is 35.5. The number of rotatable bonds is 3. The average Bonchev–Trinajstić information content (AvgIpc) is 2.70. The Kier molecular flexibility index (Phi) is 4.66. The molecule has 90 valence electrons. The van der Waals surface area contributed by atoms with Crippen LogP contribution in [0, 0.1) is 5.82 Å². The summed E-state index contributed by atoms with van der Waals surface area (Å²) in [6.45, 7) is 0. The van der Waals surface area contributed by atoms with Crippen LogP contribution < -0.4 is 5.32 Å². The molecular formula is C11H11ClFN3O. The van der Waals surface area contributed by atoms with Crippen molar-refractivity contribution in [3.8, 4) is 0 Å². The zero-order valence-corrected chi connectivity index (χ0v) is 9.63. The number of carbonyl (C=O) groups is 1. The van der Waals surface area contributed by atoms with Crippen molar-refractivity contribution >= 4 is 24.0 Å². The van der Waals surface area contributed by atoms with Crippen molar-refractivity contribution in [3.63, 3.8) is 0 Å². The van der Waals surface area contributed by atoms with Crippen molar-refractivity contribution in [2.24, 2.45) is 0 Å². The van der Waals surface area contributed by atoms with Crippen molar-refractivity contribution in [1.82, 2.24) is 10.2 Å². The van der Waals surface area contributed by atoms with E-state index in [-0.39, 0.29) is 30.6 Å². The average molecular weight is 256 g/mol. The van der Waals surface area contributed by atoms with Gasteiger partial charge in [-0.2, -0.15) is 5.10 Å². The smallest absolute Gasteiger partial charge is 0.230 e. The zero-order valence-electron chi connectivity index (χ0n) is 8.81. The molecular weight excluding hydrogens is 245 g/mol. The molecule has 1 heterocycles. The highest BCUT2D eigenvalue weighted by Crippen LogP contribution is 2.09. The van der Waals surface area contributed by atoms with Crippen LogP contribution in [0.5, 0.6) is 0 Å². The van der Waals surface area contributed by atoms with Gasteiger partial charge in [0.2, 0.25) is 5.91 Å². The van der Waals surface area contributed by atoms with E-state index in [1.807, 2.05) is 0 Å². The first-order valence-electron chi connectivity index (χ1n) is 4.78. The van der Waals surface area contributed by atoms with Gasteiger partial charge in [0, 0.05) is 17.6 Å². The van der Waals surface area contributed by atoms with Crippen molar-refractivity contribution in [2.75, 3.05) is 5.32 Å². The van der Waals surface area contributed by atoms with Crippen LogP contribution in [0.2, 0.25) is 0 Å². The van der Waals surface area contributed by atoms with Gasteiger partial charge >= 0.3 is 0 Å². The highest BCUT2D eigenvalue weighted by Gasteiger charge is 2.05. The lowest BCUT2D eigenvalue weighted by atomic mass is 10.2. The van der Waals surface area contributed by atoms with Crippen LogP contribution in [0.4, 0.5) is 10.1 Å². The first-order valence-corrected chi connectivity index (χ1v) is 4.78. The molecule has 0 radical (unpaired) electrons. The summed E-state index contributed by atoms with van der Waals surface area (Å²) >= 11 is 0. The van der Waals surface area contributed by atoms with Crippen molar-refractivity contribution in [2.45, 2.75) is 6.42 Å². The van der Waals surface area contributed by atoms with Gasteiger partial charge in [0.1, 0.15) is 5.82 Å². The standard InChI is InChI=1S/C11H10FN3O.ClH/c12-8-2-1-3-9(6-8)14-11(16)7-10-4-5-13-15-10;/h1-6H,7H2,(H,13,15)(H,14,16);1H. The van der Waals surface area contributed by atoms with Gasteiger partial charge in [0.25, 0.3) is 0 Å². The molecule has 0 bridgehead atoms. The second kappa shape index (κ2) is 6.00. The molecule has 0 saturated carbocycles. The lowest BCUT2D eigenvalue weighted by Crippen LogP contribution is -2.14. The van der Waals surface area contributed by atoms with Gasteiger partial charge in [0.05, 0.1) is 6.42 Å². The fourth-order valence-corrected chi connectivity index (χ4v) is 1.33. The topological polar surface area (TPSA) is 57.8 Å². The molecule has 2 rings (SSSR count). The number of carbonyl (C=O) groups excluding carboxylic acids is 1. The predicted octanol–water partition coefficient (Wildman–Crippen LogP) is 2.15. The van der Waals surface area contributed by atoms with E-state index in [0.717, 1.165) is 0 Å². The molecule has 0 fully saturated rings. The van der Waals surface area contributed by atoms with E-state index in [4.69, 9.17) is 0 Å². The summed E-state index contributed by atoms with van der Waals surface area (Å²) in [5.41, 5.74) is 1.17. The molecule has 2 aromatic rings. The van der Waals surface area contributed by atoms with Crippen molar-refractivity contribution in [3.05, 3.63) is 48.0 Å². The van der Waals surface area contributed by atoms with E-state index >= 15 is 0 Å². The summed E-state index contributed by atoms with van der Waals surface area (Å²) in [7, 11) is 0. The number of hydrogen-bond donors (Lipinski definition) is 2. The molecule has 0 spiro atoms. The van der Waals surface area contributed by atoms with Crippen LogP contribution >= 0.6 is 12.4 Å². The Labute approximate surface area is 104 Å². The summed E-state index contributed by atoms with van der Waals surface area (Å²) in [5, 5.41) is 9.01. The monoisotopic (exact) mass is 255 g/mol. The molecule has 2 N–H and O–H groups in total. The highest BCUT2D eigenvalue weighted by molar-refractivity contribution is 5.91. The molecule has 0 unspecified atom stereocenters. The first-order chi connectivity index (χ1) is 7.74. The number of benzene rings is 1. The normalized spacial score (nSPS) is 9.47. The Morgan fingerprint density at radius 3 is 2.88 bits per heavy atom. The minimum atomic E-state index is -0.376. The Bertz CT molecular complexity index is 487. The molecule has 1 aromatic carbocycles. The molecule has 0 aliphatic heterocycles. The maximum Gasteiger partial charge on any atom is 0.230 e. The van der Waals surface area contributed by atoms with Crippen LogP contribution in [0.3, 0.4) is 0 Å². The number of anilines is 1. The second-order valence-corrected chi connectivity index (χ2v) is 3.32. The molecule has 1 amide bonds. The Balaban J connectivity index is 0.00000144. The van der Waals surface area contributed by atoms with E-state index in [9.17, 15) is 9.18 Å². The van der Waals surface area contributed by atoms with Crippen LogP contribution in [0.1, 0.15) is 5.69 Å².